The van der Waals surface area contributed by atoms with Gasteiger partial charge in [0.2, 0.25) is 11.8 Å². The van der Waals surface area contributed by atoms with Crippen LogP contribution in [-0.4, -0.2) is 29.9 Å². The van der Waals surface area contributed by atoms with E-state index >= 15 is 0 Å². The first-order chi connectivity index (χ1) is 17.2. The minimum absolute atomic E-state index is 0.0149. The molecule has 6 heteroatoms. The van der Waals surface area contributed by atoms with Crippen LogP contribution < -0.4 is 5.32 Å². The molecule has 0 bridgehead atoms. The van der Waals surface area contributed by atoms with Crippen LogP contribution in [0.1, 0.15) is 49.0 Å². The van der Waals surface area contributed by atoms with Crippen LogP contribution in [0.3, 0.4) is 0 Å². The van der Waals surface area contributed by atoms with Gasteiger partial charge < -0.3 is 19.4 Å². The highest BCUT2D eigenvalue weighted by atomic mass is 16.5. The van der Waals surface area contributed by atoms with E-state index in [9.17, 15) is 9.59 Å². The maximum absolute atomic E-state index is 13.0. The smallest absolute Gasteiger partial charge is 0.250 e. The van der Waals surface area contributed by atoms with Crippen LogP contribution in [0.5, 0.6) is 0 Å². The summed E-state index contributed by atoms with van der Waals surface area (Å²) in [6, 6.07) is 19.4. The first-order valence-electron chi connectivity index (χ1n) is 12.6. The summed E-state index contributed by atoms with van der Waals surface area (Å²) in [5.41, 5.74) is 3.70. The zero-order valence-electron chi connectivity index (χ0n) is 20.0. The monoisotopic (exact) mass is 472 g/mol. The van der Waals surface area contributed by atoms with Gasteiger partial charge in [-0.25, -0.2) is 0 Å². The van der Waals surface area contributed by atoms with Crippen molar-refractivity contribution in [3.05, 3.63) is 77.6 Å². The van der Waals surface area contributed by atoms with Crippen LogP contribution in [0.2, 0.25) is 0 Å². The number of benzene rings is 2. The third-order valence-corrected chi connectivity index (χ3v) is 6.91. The molecule has 0 saturated heterocycles. The molecule has 3 aromatic rings. The van der Waals surface area contributed by atoms with Crippen LogP contribution in [-0.2, 0) is 33.9 Å². The van der Waals surface area contributed by atoms with E-state index in [0.717, 1.165) is 60.3 Å². The van der Waals surface area contributed by atoms with Crippen LogP contribution in [0.15, 0.2) is 65.1 Å². The van der Waals surface area contributed by atoms with E-state index in [1.54, 1.807) is 0 Å². The summed E-state index contributed by atoms with van der Waals surface area (Å²) >= 11 is 0. The van der Waals surface area contributed by atoms with Crippen molar-refractivity contribution in [3.63, 3.8) is 0 Å². The summed E-state index contributed by atoms with van der Waals surface area (Å²) < 4.78 is 11.7. The predicted octanol–water partition coefficient (Wildman–Crippen LogP) is 5.57. The van der Waals surface area contributed by atoms with Gasteiger partial charge in [0.1, 0.15) is 18.1 Å². The summed E-state index contributed by atoms with van der Waals surface area (Å²) in [4.78, 5) is 27.3. The molecular formula is C29H32N2O4. The predicted molar refractivity (Wildman–Crippen MR) is 135 cm³/mol. The number of nitrogens with one attached hydrogen (secondary N) is 1. The van der Waals surface area contributed by atoms with Crippen molar-refractivity contribution in [2.24, 2.45) is 5.92 Å². The first-order valence-corrected chi connectivity index (χ1v) is 12.6. The summed E-state index contributed by atoms with van der Waals surface area (Å²) in [7, 11) is 0. The fourth-order valence-electron chi connectivity index (χ4n) is 5.05. The van der Waals surface area contributed by atoms with Crippen molar-refractivity contribution in [2.45, 2.75) is 51.7 Å². The van der Waals surface area contributed by atoms with Gasteiger partial charge in [0, 0.05) is 42.2 Å². The summed E-state index contributed by atoms with van der Waals surface area (Å²) in [6.45, 7) is 1.71. The molecule has 35 heavy (non-hydrogen) atoms. The number of anilines is 1. The quantitative estimate of drug-likeness (QED) is 0.488. The largest absolute Gasteiger partial charge is 0.461 e. The Morgan fingerprint density at radius 2 is 1.83 bits per heavy atom. The van der Waals surface area contributed by atoms with Crippen LogP contribution in [0.4, 0.5) is 5.69 Å². The highest BCUT2D eigenvalue weighted by Gasteiger charge is 2.30. The van der Waals surface area contributed by atoms with Gasteiger partial charge >= 0.3 is 0 Å². The Morgan fingerprint density at radius 1 is 1.00 bits per heavy atom. The lowest BCUT2D eigenvalue weighted by Gasteiger charge is -2.31. The second kappa shape index (κ2) is 10.9. The van der Waals surface area contributed by atoms with Gasteiger partial charge in [-0.1, -0.05) is 61.7 Å². The van der Waals surface area contributed by atoms with Crippen molar-refractivity contribution >= 4 is 17.5 Å². The number of carbonyl (C=O) groups excluding carboxylic acids is 2. The molecule has 6 nitrogen and oxygen atoms in total. The van der Waals surface area contributed by atoms with Crippen molar-refractivity contribution in [3.8, 4) is 11.3 Å². The van der Waals surface area contributed by atoms with Gasteiger partial charge in [0.05, 0.1) is 6.61 Å². The normalized spacial score (nSPS) is 16.1. The molecule has 1 aliphatic carbocycles. The van der Waals surface area contributed by atoms with Gasteiger partial charge in [-0.3, -0.25) is 9.59 Å². The van der Waals surface area contributed by atoms with Gasteiger partial charge in [-0.05, 0) is 36.6 Å². The lowest BCUT2D eigenvalue weighted by atomic mass is 9.88. The number of carbonyl (C=O) groups is 2. The molecule has 2 aliphatic rings. The minimum Gasteiger partial charge on any atom is -0.461 e. The molecule has 1 N–H and O–H groups in total. The highest BCUT2D eigenvalue weighted by molar-refractivity contribution is 5.92. The Hall–Kier alpha value is -3.38. The van der Waals surface area contributed by atoms with Crippen LogP contribution >= 0.6 is 0 Å². The van der Waals surface area contributed by atoms with Gasteiger partial charge in [-0.2, -0.15) is 0 Å². The lowest BCUT2D eigenvalue weighted by Crippen LogP contribution is -2.40. The van der Waals surface area contributed by atoms with Gasteiger partial charge in [0.15, 0.2) is 0 Å². The average molecular weight is 473 g/mol. The van der Waals surface area contributed by atoms with E-state index in [1.807, 2.05) is 65.6 Å². The minimum atomic E-state index is -0.200. The molecule has 2 heterocycles. The summed E-state index contributed by atoms with van der Waals surface area (Å²) in [5, 5.41) is 2.90. The molecule has 1 aliphatic heterocycles. The molecule has 182 valence electrons. The zero-order valence-corrected chi connectivity index (χ0v) is 20.0. The molecule has 1 fully saturated rings. The maximum atomic E-state index is 13.0. The van der Waals surface area contributed by atoms with Gasteiger partial charge in [0.25, 0.3) is 0 Å². The number of hydrogen-bond donors (Lipinski definition) is 1. The van der Waals surface area contributed by atoms with Crippen LogP contribution in [0, 0.1) is 5.92 Å². The Labute approximate surface area is 206 Å². The number of furan rings is 1. The van der Waals surface area contributed by atoms with Crippen LogP contribution in [0.25, 0.3) is 11.3 Å². The van der Waals surface area contributed by atoms with Gasteiger partial charge in [-0.15, -0.1) is 0 Å². The fourth-order valence-corrected chi connectivity index (χ4v) is 5.05. The standard InChI is InChI=1S/C29H32N2O4/c32-28(20-34-19-21-8-3-1-4-9-21)30-25-13-7-12-23(16-25)27-17-24-18-31(15-14-26(24)35-27)29(33)22-10-5-2-6-11-22/h1,3-4,7-9,12-13,16-17,22H,2,5-6,10-11,14-15,18-20H2,(H,30,32). The molecule has 0 unspecified atom stereocenters. The number of amides is 2. The Morgan fingerprint density at radius 3 is 2.66 bits per heavy atom. The van der Waals surface area contributed by atoms with Crippen molar-refractivity contribution in [1.29, 1.82) is 0 Å². The number of rotatable bonds is 7. The molecule has 0 radical (unpaired) electrons. The van der Waals surface area contributed by atoms with Crippen molar-refractivity contribution in [2.75, 3.05) is 18.5 Å². The van der Waals surface area contributed by atoms with Crippen molar-refractivity contribution < 1.29 is 18.7 Å². The molecule has 0 atom stereocenters. The lowest BCUT2D eigenvalue weighted by molar-refractivity contribution is -0.137. The summed E-state index contributed by atoms with van der Waals surface area (Å²) in [6.07, 6.45) is 6.36. The average Bonchev–Trinajstić information content (AvgIpc) is 3.33. The topological polar surface area (TPSA) is 71.8 Å². The Kier molecular flexibility index (Phi) is 7.28. The maximum Gasteiger partial charge on any atom is 0.250 e. The highest BCUT2D eigenvalue weighted by Crippen LogP contribution is 2.32. The number of hydrogen-bond acceptors (Lipinski definition) is 4. The summed E-state index contributed by atoms with van der Waals surface area (Å²) in [5.74, 6) is 2.01. The molecule has 1 saturated carbocycles. The van der Waals surface area contributed by atoms with E-state index in [2.05, 4.69) is 5.32 Å². The number of nitrogens with zero attached hydrogens (tertiary/aromatic N) is 1. The third kappa shape index (κ3) is 5.82. The zero-order chi connectivity index (χ0) is 24.0. The van der Waals surface area contributed by atoms with E-state index in [1.165, 1.54) is 6.42 Å². The van der Waals surface area contributed by atoms with E-state index in [-0.39, 0.29) is 18.4 Å². The second-order valence-electron chi connectivity index (χ2n) is 9.51. The second-order valence-corrected chi connectivity index (χ2v) is 9.51. The Balaban J connectivity index is 1.19. The molecule has 1 aromatic heterocycles. The molecule has 5 rings (SSSR count). The SMILES string of the molecule is O=C(COCc1ccccc1)Nc1cccc(-c2cc3c(o2)CCN(C(=O)C2CCCCC2)C3)c1. The first kappa shape index (κ1) is 23.4. The molecular weight excluding hydrogens is 440 g/mol. The number of fused-ring (bicyclic) bond motifs is 1. The van der Waals surface area contributed by atoms with Crippen molar-refractivity contribution in [1.82, 2.24) is 4.90 Å². The van der Waals surface area contributed by atoms with E-state index in [0.29, 0.717) is 31.3 Å². The molecule has 2 aromatic carbocycles. The Bertz CT molecular complexity index is 1160. The molecule has 0 spiro atoms. The van der Waals surface area contributed by atoms with E-state index < -0.39 is 0 Å². The fraction of sp³-hybridized carbons (Fsp3) is 0.379. The molecule has 2 amide bonds. The van der Waals surface area contributed by atoms with E-state index in [4.69, 9.17) is 9.15 Å². The third-order valence-electron chi connectivity index (χ3n) is 6.91. The number of ether oxygens (including phenoxy) is 1.